The molecule has 0 spiro atoms. The summed E-state index contributed by atoms with van der Waals surface area (Å²) in [6.45, 7) is 5.95. The number of pyridine rings is 1. The van der Waals surface area contributed by atoms with Gasteiger partial charge in [-0.3, -0.25) is 4.79 Å². The van der Waals surface area contributed by atoms with E-state index >= 15 is 0 Å². The smallest absolute Gasteiger partial charge is 0.339 e. The number of nitrogens with one attached hydrogen (secondary N) is 1. The summed E-state index contributed by atoms with van der Waals surface area (Å²) >= 11 is 0. The van der Waals surface area contributed by atoms with Gasteiger partial charge in [0, 0.05) is 44.5 Å². The SMILES string of the molecule is CCOCCCN(C)C1CCN(c2ncc(NC(=O)c3ccc(OC)cc3)cc2C(=O)O)CC1. The van der Waals surface area contributed by atoms with Gasteiger partial charge >= 0.3 is 5.97 Å². The van der Waals surface area contributed by atoms with Crippen molar-refractivity contribution in [1.29, 1.82) is 0 Å². The van der Waals surface area contributed by atoms with Gasteiger partial charge in [-0.25, -0.2) is 9.78 Å². The van der Waals surface area contributed by atoms with Crippen molar-refractivity contribution < 1.29 is 24.2 Å². The number of nitrogens with zero attached hydrogens (tertiary/aromatic N) is 3. The summed E-state index contributed by atoms with van der Waals surface area (Å²) in [6, 6.07) is 8.60. The van der Waals surface area contributed by atoms with Crippen LogP contribution < -0.4 is 15.0 Å². The van der Waals surface area contributed by atoms with E-state index < -0.39 is 5.97 Å². The molecule has 0 atom stereocenters. The Morgan fingerprint density at radius 2 is 1.94 bits per heavy atom. The first kappa shape index (κ1) is 25.5. The van der Waals surface area contributed by atoms with E-state index in [1.165, 1.54) is 12.3 Å². The molecule has 1 fully saturated rings. The Kier molecular flexibility index (Phi) is 9.24. The molecule has 0 saturated carbocycles. The number of carboxylic acids is 1. The van der Waals surface area contributed by atoms with Gasteiger partial charge < -0.3 is 29.7 Å². The lowest BCUT2D eigenvalue weighted by atomic mass is 10.0. The number of anilines is 2. The van der Waals surface area contributed by atoms with Crippen LogP contribution in [0.3, 0.4) is 0 Å². The number of aromatic carboxylic acids is 1. The number of hydrogen-bond donors (Lipinski definition) is 2. The van der Waals surface area contributed by atoms with Crippen LogP contribution in [0.1, 0.15) is 46.9 Å². The van der Waals surface area contributed by atoms with Crippen molar-refractivity contribution in [3.05, 3.63) is 47.7 Å². The number of carboxylic acid groups (broad SMARTS) is 1. The van der Waals surface area contributed by atoms with E-state index in [1.54, 1.807) is 31.4 Å². The first-order valence-electron chi connectivity index (χ1n) is 11.6. The van der Waals surface area contributed by atoms with Crippen molar-refractivity contribution in [3.8, 4) is 5.75 Å². The fraction of sp³-hybridized carbons (Fsp3) is 0.480. The van der Waals surface area contributed by atoms with Gasteiger partial charge in [0.2, 0.25) is 0 Å². The zero-order chi connectivity index (χ0) is 24.5. The van der Waals surface area contributed by atoms with Crippen LogP contribution in [0.15, 0.2) is 36.5 Å². The van der Waals surface area contributed by atoms with Crippen molar-refractivity contribution in [1.82, 2.24) is 9.88 Å². The zero-order valence-corrected chi connectivity index (χ0v) is 20.1. The number of methoxy groups -OCH3 is 1. The minimum Gasteiger partial charge on any atom is -0.497 e. The molecule has 1 amide bonds. The zero-order valence-electron chi connectivity index (χ0n) is 20.1. The number of aromatic nitrogens is 1. The molecule has 0 bridgehead atoms. The van der Waals surface area contributed by atoms with Crippen LogP contribution >= 0.6 is 0 Å². The molecular formula is C25H34N4O5. The Hall–Kier alpha value is -3.17. The predicted octanol–water partition coefficient (Wildman–Crippen LogP) is 3.37. The van der Waals surface area contributed by atoms with Gasteiger partial charge in [-0.15, -0.1) is 0 Å². The maximum absolute atomic E-state index is 12.5. The molecule has 9 heteroatoms. The highest BCUT2D eigenvalue weighted by Crippen LogP contribution is 2.26. The lowest BCUT2D eigenvalue weighted by Crippen LogP contribution is -2.44. The molecule has 1 aliphatic rings. The molecule has 3 rings (SSSR count). The Morgan fingerprint density at radius 1 is 1.24 bits per heavy atom. The van der Waals surface area contributed by atoms with E-state index in [9.17, 15) is 14.7 Å². The molecule has 2 aromatic rings. The van der Waals surface area contributed by atoms with Crippen molar-refractivity contribution in [2.75, 3.05) is 57.2 Å². The van der Waals surface area contributed by atoms with E-state index in [2.05, 4.69) is 22.2 Å². The van der Waals surface area contributed by atoms with E-state index in [0.717, 1.165) is 52.1 Å². The molecule has 1 saturated heterocycles. The van der Waals surface area contributed by atoms with Crippen LogP contribution in [0.2, 0.25) is 0 Å². The highest BCUT2D eigenvalue weighted by atomic mass is 16.5. The number of amides is 1. The van der Waals surface area contributed by atoms with Crippen LogP contribution in [0.5, 0.6) is 5.75 Å². The van der Waals surface area contributed by atoms with Crippen molar-refractivity contribution in [2.24, 2.45) is 0 Å². The second kappa shape index (κ2) is 12.3. The topological polar surface area (TPSA) is 104 Å². The van der Waals surface area contributed by atoms with Crippen LogP contribution in [0, 0.1) is 0 Å². The molecule has 0 aliphatic carbocycles. The van der Waals surface area contributed by atoms with Crippen molar-refractivity contribution in [3.63, 3.8) is 0 Å². The summed E-state index contributed by atoms with van der Waals surface area (Å²) in [5.41, 5.74) is 0.858. The molecular weight excluding hydrogens is 436 g/mol. The number of ether oxygens (including phenoxy) is 2. The van der Waals surface area contributed by atoms with Crippen LogP contribution in [0.25, 0.3) is 0 Å². The number of benzene rings is 1. The average Bonchev–Trinajstić information content (AvgIpc) is 2.86. The number of carbonyl (C=O) groups excluding carboxylic acids is 1. The molecule has 0 radical (unpaired) electrons. The number of rotatable bonds is 11. The molecule has 1 aliphatic heterocycles. The Bertz CT molecular complexity index is 958. The van der Waals surface area contributed by atoms with E-state index in [-0.39, 0.29) is 11.5 Å². The summed E-state index contributed by atoms with van der Waals surface area (Å²) in [4.78, 5) is 33.3. The Morgan fingerprint density at radius 3 is 2.56 bits per heavy atom. The summed E-state index contributed by atoms with van der Waals surface area (Å²) in [6.07, 6.45) is 4.37. The highest BCUT2D eigenvalue weighted by molar-refractivity contribution is 6.05. The monoisotopic (exact) mass is 470 g/mol. The van der Waals surface area contributed by atoms with E-state index in [0.29, 0.717) is 28.9 Å². The van der Waals surface area contributed by atoms with Gasteiger partial charge in [0.1, 0.15) is 17.1 Å². The summed E-state index contributed by atoms with van der Waals surface area (Å²) in [5, 5.41) is 12.5. The molecule has 34 heavy (non-hydrogen) atoms. The summed E-state index contributed by atoms with van der Waals surface area (Å²) in [7, 11) is 3.69. The van der Waals surface area contributed by atoms with Gasteiger partial charge in [0.25, 0.3) is 5.91 Å². The largest absolute Gasteiger partial charge is 0.497 e. The van der Waals surface area contributed by atoms with Crippen molar-refractivity contribution in [2.45, 2.75) is 32.2 Å². The Balaban J connectivity index is 1.62. The third kappa shape index (κ3) is 6.68. The van der Waals surface area contributed by atoms with Crippen LogP contribution in [-0.4, -0.2) is 79.9 Å². The van der Waals surface area contributed by atoms with Gasteiger partial charge in [-0.2, -0.15) is 0 Å². The van der Waals surface area contributed by atoms with E-state index in [1.807, 2.05) is 11.8 Å². The second-order valence-corrected chi connectivity index (χ2v) is 8.33. The lowest BCUT2D eigenvalue weighted by Gasteiger charge is -2.37. The van der Waals surface area contributed by atoms with Gasteiger partial charge in [0.05, 0.1) is 19.0 Å². The molecule has 1 aromatic heterocycles. The molecule has 2 N–H and O–H groups in total. The minimum absolute atomic E-state index is 0.0797. The molecule has 1 aromatic carbocycles. The van der Waals surface area contributed by atoms with Crippen LogP contribution in [-0.2, 0) is 4.74 Å². The van der Waals surface area contributed by atoms with Crippen molar-refractivity contribution >= 4 is 23.4 Å². The maximum atomic E-state index is 12.5. The number of carbonyl (C=O) groups is 2. The van der Waals surface area contributed by atoms with Gasteiger partial charge in [0.15, 0.2) is 0 Å². The third-order valence-corrected chi connectivity index (χ3v) is 6.10. The fourth-order valence-electron chi connectivity index (χ4n) is 4.14. The Labute approximate surface area is 200 Å². The van der Waals surface area contributed by atoms with Gasteiger partial charge in [-0.05, 0) is 63.6 Å². The normalized spacial score (nSPS) is 14.3. The van der Waals surface area contributed by atoms with Crippen LogP contribution in [0.4, 0.5) is 11.5 Å². The number of piperidine rings is 1. The molecule has 0 unspecified atom stereocenters. The molecule has 2 heterocycles. The van der Waals surface area contributed by atoms with Gasteiger partial charge in [-0.1, -0.05) is 0 Å². The summed E-state index contributed by atoms with van der Waals surface area (Å²) < 4.78 is 10.5. The standard InChI is InChI=1S/C25H34N4O5/c1-4-34-15-5-12-28(2)20-10-13-29(14-11-20)23-22(25(31)32)16-19(17-26-23)27-24(30)18-6-8-21(33-3)9-7-18/h6-9,16-17,20H,4-5,10-15H2,1-3H3,(H,27,30)(H,31,32). The molecule has 9 nitrogen and oxygen atoms in total. The first-order valence-corrected chi connectivity index (χ1v) is 11.6. The predicted molar refractivity (Wildman–Crippen MR) is 131 cm³/mol. The maximum Gasteiger partial charge on any atom is 0.339 e. The van der Waals surface area contributed by atoms with E-state index in [4.69, 9.17) is 9.47 Å². The summed E-state index contributed by atoms with van der Waals surface area (Å²) in [5.74, 6) is -0.330. The fourth-order valence-corrected chi connectivity index (χ4v) is 4.14. The quantitative estimate of drug-likeness (QED) is 0.482. The second-order valence-electron chi connectivity index (χ2n) is 8.33. The first-order chi connectivity index (χ1) is 16.4. The number of hydrogen-bond acceptors (Lipinski definition) is 7. The lowest BCUT2D eigenvalue weighted by molar-refractivity contribution is 0.0696. The third-order valence-electron chi connectivity index (χ3n) is 6.10. The minimum atomic E-state index is -1.07. The highest BCUT2D eigenvalue weighted by Gasteiger charge is 2.26. The molecule has 184 valence electrons. The average molecular weight is 471 g/mol.